The van der Waals surface area contributed by atoms with E-state index in [-0.39, 0.29) is 18.2 Å². The molecule has 142 valence electrons. The molecule has 1 fully saturated rings. The number of carbonyl (C=O) groups is 2. The third kappa shape index (κ3) is 5.14. The number of piperazine rings is 1. The van der Waals surface area contributed by atoms with Crippen molar-refractivity contribution in [2.45, 2.75) is 6.42 Å². The number of benzene rings is 2. The van der Waals surface area contributed by atoms with Crippen LogP contribution in [0.15, 0.2) is 48.5 Å². The van der Waals surface area contributed by atoms with E-state index in [4.69, 9.17) is 16.3 Å². The predicted octanol–water partition coefficient (Wildman–Crippen LogP) is 3.03. The molecule has 1 heterocycles. The summed E-state index contributed by atoms with van der Waals surface area (Å²) in [6.45, 7) is 2.60. The Labute approximate surface area is 163 Å². The third-order valence-electron chi connectivity index (χ3n) is 4.49. The van der Waals surface area contributed by atoms with Crippen LogP contribution in [-0.4, -0.2) is 50.0 Å². The molecule has 2 aromatic carbocycles. The second-order valence-electron chi connectivity index (χ2n) is 6.30. The minimum absolute atomic E-state index is 0.160. The fraction of sp³-hybridized carbons (Fsp3) is 0.300. The highest BCUT2D eigenvalue weighted by atomic mass is 35.5. The predicted molar refractivity (Wildman–Crippen MR) is 106 cm³/mol. The average molecular weight is 388 g/mol. The average Bonchev–Trinajstić information content (AvgIpc) is 2.68. The van der Waals surface area contributed by atoms with Crippen LogP contribution in [0.4, 0.5) is 11.4 Å². The second kappa shape index (κ2) is 8.77. The van der Waals surface area contributed by atoms with Crippen molar-refractivity contribution in [2.75, 3.05) is 43.5 Å². The van der Waals surface area contributed by atoms with Crippen molar-refractivity contribution in [1.29, 1.82) is 0 Å². The standard InChI is InChI=1S/C20H22ClN3O3/c1-27-18-7-5-16(6-8-18)22-19(25)14-20(26)24-11-9-23(10-12-24)17-4-2-3-15(21)13-17/h2-8,13H,9-12,14H2,1H3,(H,22,25). The summed E-state index contributed by atoms with van der Waals surface area (Å²) >= 11 is 6.04. The van der Waals surface area contributed by atoms with Crippen LogP contribution < -0.4 is 15.0 Å². The zero-order chi connectivity index (χ0) is 19.2. The van der Waals surface area contributed by atoms with Gasteiger partial charge in [0.15, 0.2) is 0 Å². The number of methoxy groups -OCH3 is 1. The van der Waals surface area contributed by atoms with Gasteiger partial charge in [-0.15, -0.1) is 0 Å². The van der Waals surface area contributed by atoms with E-state index in [0.29, 0.717) is 42.6 Å². The van der Waals surface area contributed by atoms with Crippen molar-refractivity contribution in [3.63, 3.8) is 0 Å². The molecule has 0 aliphatic carbocycles. The fourth-order valence-corrected chi connectivity index (χ4v) is 3.20. The maximum absolute atomic E-state index is 12.4. The first-order chi connectivity index (χ1) is 13.0. The third-order valence-corrected chi connectivity index (χ3v) is 4.73. The number of nitrogens with one attached hydrogen (secondary N) is 1. The van der Waals surface area contributed by atoms with Gasteiger partial charge >= 0.3 is 0 Å². The van der Waals surface area contributed by atoms with Gasteiger partial charge in [-0.2, -0.15) is 0 Å². The molecule has 3 rings (SSSR count). The lowest BCUT2D eigenvalue weighted by Gasteiger charge is -2.36. The molecule has 1 aliphatic rings. The summed E-state index contributed by atoms with van der Waals surface area (Å²) in [5.41, 5.74) is 1.69. The summed E-state index contributed by atoms with van der Waals surface area (Å²) < 4.78 is 5.08. The molecule has 6 nitrogen and oxygen atoms in total. The summed E-state index contributed by atoms with van der Waals surface area (Å²) in [6.07, 6.45) is -0.163. The zero-order valence-electron chi connectivity index (χ0n) is 15.2. The molecule has 0 saturated carbocycles. The SMILES string of the molecule is COc1ccc(NC(=O)CC(=O)N2CCN(c3cccc(Cl)c3)CC2)cc1. The molecule has 2 amide bonds. The maximum atomic E-state index is 12.4. The molecule has 0 aromatic heterocycles. The lowest BCUT2D eigenvalue weighted by molar-refractivity contribution is -0.134. The van der Waals surface area contributed by atoms with Crippen LogP contribution in [0.25, 0.3) is 0 Å². The summed E-state index contributed by atoms with van der Waals surface area (Å²) in [7, 11) is 1.58. The van der Waals surface area contributed by atoms with Crippen LogP contribution in [0.1, 0.15) is 6.42 Å². The van der Waals surface area contributed by atoms with Gasteiger partial charge < -0.3 is 19.9 Å². The first-order valence-electron chi connectivity index (χ1n) is 8.77. The molecule has 0 atom stereocenters. The van der Waals surface area contributed by atoms with Gasteiger partial charge in [-0.25, -0.2) is 0 Å². The summed E-state index contributed by atoms with van der Waals surface area (Å²) in [5, 5.41) is 3.43. The van der Waals surface area contributed by atoms with Gasteiger partial charge in [0.1, 0.15) is 12.2 Å². The second-order valence-corrected chi connectivity index (χ2v) is 6.74. The Kier molecular flexibility index (Phi) is 6.19. The monoisotopic (exact) mass is 387 g/mol. The number of anilines is 2. The smallest absolute Gasteiger partial charge is 0.233 e. The van der Waals surface area contributed by atoms with Crippen molar-refractivity contribution < 1.29 is 14.3 Å². The number of ether oxygens (including phenoxy) is 1. The topological polar surface area (TPSA) is 61.9 Å². The summed E-state index contributed by atoms with van der Waals surface area (Å²) in [6, 6.07) is 14.7. The van der Waals surface area contributed by atoms with Crippen molar-refractivity contribution in [3.05, 3.63) is 53.6 Å². The van der Waals surface area contributed by atoms with Gasteiger partial charge in [-0.05, 0) is 42.5 Å². The number of nitrogens with zero attached hydrogens (tertiary/aromatic N) is 2. The Hall–Kier alpha value is -2.73. The normalized spacial score (nSPS) is 14.0. The highest BCUT2D eigenvalue weighted by Gasteiger charge is 2.23. The molecule has 1 aliphatic heterocycles. The number of hydrogen-bond donors (Lipinski definition) is 1. The van der Waals surface area contributed by atoms with E-state index in [9.17, 15) is 9.59 Å². The fourth-order valence-electron chi connectivity index (χ4n) is 3.02. The highest BCUT2D eigenvalue weighted by molar-refractivity contribution is 6.30. The van der Waals surface area contributed by atoms with Crippen LogP contribution in [0.5, 0.6) is 5.75 Å². The van der Waals surface area contributed by atoms with Gasteiger partial charge in [0.05, 0.1) is 7.11 Å². The number of hydrogen-bond acceptors (Lipinski definition) is 4. The van der Waals surface area contributed by atoms with Crippen molar-refractivity contribution in [3.8, 4) is 5.75 Å². The van der Waals surface area contributed by atoms with E-state index in [1.54, 1.807) is 36.3 Å². The zero-order valence-corrected chi connectivity index (χ0v) is 15.9. The van der Waals surface area contributed by atoms with E-state index < -0.39 is 0 Å². The molecule has 7 heteroatoms. The van der Waals surface area contributed by atoms with E-state index in [1.807, 2.05) is 24.3 Å². The molecule has 2 aromatic rings. The van der Waals surface area contributed by atoms with Gasteiger partial charge in [-0.3, -0.25) is 9.59 Å². The van der Waals surface area contributed by atoms with Gasteiger partial charge in [-0.1, -0.05) is 17.7 Å². The van der Waals surface area contributed by atoms with Crippen LogP contribution in [0.3, 0.4) is 0 Å². The van der Waals surface area contributed by atoms with E-state index >= 15 is 0 Å². The van der Waals surface area contributed by atoms with Gasteiger partial charge in [0.25, 0.3) is 0 Å². The van der Waals surface area contributed by atoms with E-state index in [0.717, 1.165) is 5.69 Å². The molecule has 0 radical (unpaired) electrons. The lowest BCUT2D eigenvalue weighted by Crippen LogP contribution is -2.49. The van der Waals surface area contributed by atoms with Gasteiger partial charge in [0.2, 0.25) is 11.8 Å². The van der Waals surface area contributed by atoms with Crippen molar-refractivity contribution in [2.24, 2.45) is 0 Å². The lowest BCUT2D eigenvalue weighted by atomic mass is 10.2. The molecule has 27 heavy (non-hydrogen) atoms. The van der Waals surface area contributed by atoms with Crippen LogP contribution in [-0.2, 0) is 9.59 Å². The summed E-state index contributed by atoms with van der Waals surface area (Å²) in [5.74, 6) is 0.232. The molecule has 0 bridgehead atoms. The van der Waals surface area contributed by atoms with Crippen molar-refractivity contribution in [1.82, 2.24) is 4.90 Å². The minimum atomic E-state index is -0.317. The molecule has 0 unspecified atom stereocenters. The minimum Gasteiger partial charge on any atom is -0.497 e. The molecule has 1 N–H and O–H groups in total. The molecule has 0 spiro atoms. The Morgan fingerprint density at radius 1 is 1.07 bits per heavy atom. The summed E-state index contributed by atoms with van der Waals surface area (Å²) in [4.78, 5) is 28.4. The molecule has 1 saturated heterocycles. The molecular formula is C20H22ClN3O3. The first-order valence-corrected chi connectivity index (χ1v) is 9.15. The number of carbonyl (C=O) groups excluding carboxylic acids is 2. The maximum Gasteiger partial charge on any atom is 0.233 e. The van der Waals surface area contributed by atoms with E-state index in [1.165, 1.54) is 0 Å². The van der Waals surface area contributed by atoms with Crippen LogP contribution in [0.2, 0.25) is 5.02 Å². The Balaban J connectivity index is 1.48. The first kappa shape index (κ1) is 19.0. The Bertz CT molecular complexity index is 802. The Morgan fingerprint density at radius 3 is 2.41 bits per heavy atom. The van der Waals surface area contributed by atoms with Crippen LogP contribution >= 0.6 is 11.6 Å². The Morgan fingerprint density at radius 2 is 1.78 bits per heavy atom. The van der Waals surface area contributed by atoms with Crippen molar-refractivity contribution >= 4 is 34.8 Å². The van der Waals surface area contributed by atoms with Gasteiger partial charge in [0, 0.05) is 42.6 Å². The largest absolute Gasteiger partial charge is 0.497 e. The number of amides is 2. The quantitative estimate of drug-likeness (QED) is 0.801. The molecular weight excluding hydrogens is 366 g/mol. The van der Waals surface area contributed by atoms with Crippen LogP contribution in [0, 0.1) is 0 Å². The highest BCUT2D eigenvalue weighted by Crippen LogP contribution is 2.21. The number of halogens is 1. The van der Waals surface area contributed by atoms with E-state index in [2.05, 4.69) is 10.2 Å². The number of rotatable bonds is 5.